The molecule has 0 saturated carbocycles. The average molecular weight is 435 g/mol. The molecule has 0 unspecified atom stereocenters. The van der Waals surface area contributed by atoms with E-state index in [0.29, 0.717) is 16.9 Å². The Kier molecular flexibility index (Phi) is 5.14. The first-order valence-corrected chi connectivity index (χ1v) is 7.81. The van der Waals surface area contributed by atoms with Crippen molar-refractivity contribution in [2.75, 3.05) is 0 Å². The number of rotatable bonds is 3. The Hall–Kier alpha value is -1.52. The van der Waals surface area contributed by atoms with Gasteiger partial charge in [-0.1, -0.05) is 44.0 Å². The van der Waals surface area contributed by atoms with Gasteiger partial charge in [-0.2, -0.15) is 18.4 Å². The van der Waals surface area contributed by atoms with Crippen LogP contribution in [0.15, 0.2) is 42.5 Å². The Balaban J connectivity index is 2.30. The van der Waals surface area contributed by atoms with Crippen molar-refractivity contribution in [1.29, 1.82) is 5.26 Å². The molecule has 2 rings (SSSR count). The smallest absolute Gasteiger partial charge is 0.416 e. The summed E-state index contributed by atoms with van der Waals surface area (Å²) in [5.41, 5.74) is 0.283. The molecule has 114 valence electrons. The Morgan fingerprint density at radius 1 is 1.05 bits per heavy atom. The lowest BCUT2D eigenvalue weighted by Crippen LogP contribution is -2.04. The monoisotopic (exact) mass is 433 g/mol. The fraction of sp³-hybridized carbons (Fsp3) is 0.133. The highest BCUT2D eigenvalue weighted by Gasteiger charge is 2.30. The highest BCUT2D eigenvalue weighted by Crippen LogP contribution is 2.35. The number of alkyl halides is 5. The topological polar surface area (TPSA) is 33.0 Å². The second kappa shape index (κ2) is 6.71. The summed E-state index contributed by atoms with van der Waals surface area (Å²) in [6.07, 6.45) is -4.43. The summed E-state index contributed by atoms with van der Waals surface area (Å²) < 4.78 is 43.2. The van der Waals surface area contributed by atoms with Crippen LogP contribution in [0.5, 0.6) is 11.5 Å². The van der Waals surface area contributed by atoms with Crippen molar-refractivity contribution in [3.63, 3.8) is 0 Å². The maximum Gasteiger partial charge on any atom is 0.416 e. The summed E-state index contributed by atoms with van der Waals surface area (Å²) in [7, 11) is 0. The van der Waals surface area contributed by atoms with Crippen LogP contribution in [0.4, 0.5) is 13.2 Å². The number of hydrogen-bond acceptors (Lipinski definition) is 2. The van der Waals surface area contributed by atoms with Gasteiger partial charge in [0.2, 0.25) is 0 Å². The third kappa shape index (κ3) is 4.02. The fourth-order valence-corrected chi connectivity index (χ4v) is 2.56. The van der Waals surface area contributed by atoms with Crippen LogP contribution in [-0.4, -0.2) is 0 Å². The van der Waals surface area contributed by atoms with E-state index in [0.717, 1.165) is 12.1 Å². The van der Waals surface area contributed by atoms with Crippen molar-refractivity contribution in [3.8, 4) is 17.6 Å². The summed E-state index contributed by atoms with van der Waals surface area (Å²) in [6.45, 7) is 0. The molecule has 2 aromatic rings. The van der Waals surface area contributed by atoms with Gasteiger partial charge in [-0.25, -0.2) is 0 Å². The number of nitrogens with zero attached hydrogens (tertiary/aromatic N) is 1. The Morgan fingerprint density at radius 3 is 2.32 bits per heavy atom. The van der Waals surface area contributed by atoms with E-state index in [-0.39, 0.29) is 9.49 Å². The molecule has 22 heavy (non-hydrogen) atoms. The molecular formula is C15H8Br2F3NO. The molecule has 0 bridgehead atoms. The lowest BCUT2D eigenvalue weighted by Gasteiger charge is -2.11. The van der Waals surface area contributed by atoms with Crippen LogP contribution < -0.4 is 4.74 Å². The van der Waals surface area contributed by atoms with E-state index in [4.69, 9.17) is 10.00 Å². The lowest BCUT2D eigenvalue weighted by molar-refractivity contribution is -0.137. The second-order valence-electron chi connectivity index (χ2n) is 4.29. The Labute approximate surface area is 141 Å². The maximum atomic E-state index is 12.7. The van der Waals surface area contributed by atoms with E-state index in [1.165, 1.54) is 18.2 Å². The van der Waals surface area contributed by atoms with Gasteiger partial charge in [0.15, 0.2) is 0 Å². The van der Waals surface area contributed by atoms with Gasteiger partial charge in [-0.05, 0) is 35.9 Å². The van der Waals surface area contributed by atoms with Gasteiger partial charge in [-0.15, -0.1) is 0 Å². The molecule has 0 atom stereocenters. The summed E-state index contributed by atoms with van der Waals surface area (Å²) in [5.74, 6) is 0.348. The van der Waals surface area contributed by atoms with Crippen LogP contribution in [0.3, 0.4) is 0 Å². The maximum absolute atomic E-state index is 12.7. The van der Waals surface area contributed by atoms with Crippen LogP contribution in [-0.2, 0) is 6.18 Å². The molecule has 0 N–H and O–H groups in total. The van der Waals surface area contributed by atoms with E-state index in [2.05, 4.69) is 31.9 Å². The highest BCUT2D eigenvalue weighted by atomic mass is 79.9. The van der Waals surface area contributed by atoms with Gasteiger partial charge in [0.1, 0.15) is 11.5 Å². The van der Waals surface area contributed by atoms with Crippen LogP contribution in [0.25, 0.3) is 0 Å². The van der Waals surface area contributed by atoms with Gasteiger partial charge >= 0.3 is 6.18 Å². The predicted octanol–water partition coefficient (Wildman–Crippen LogP) is 6.16. The van der Waals surface area contributed by atoms with Crippen molar-refractivity contribution in [2.45, 2.75) is 9.91 Å². The van der Waals surface area contributed by atoms with Crippen molar-refractivity contribution in [1.82, 2.24) is 0 Å². The number of nitriles is 1. The third-order valence-electron chi connectivity index (χ3n) is 2.78. The molecule has 0 heterocycles. The molecule has 0 aliphatic rings. The van der Waals surface area contributed by atoms with E-state index in [1.54, 1.807) is 12.1 Å². The normalized spacial score (nSPS) is 11.3. The first-order chi connectivity index (χ1) is 10.3. The minimum atomic E-state index is -4.43. The van der Waals surface area contributed by atoms with Gasteiger partial charge in [0.05, 0.1) is 20.9 Å². The van der Waals surface area contributed by atoms with Gasteiger partial charge < -0.3 is 4.74 Å². The molecule has 0 aliphatic carbocycles. The third-order valence-corrected chi connectivity index (χ3v) is 3.76. The van der Waals surface area contributed by atoms with Crippen molar-refractivity contribution < 1.29 is 17.9 Å². The molecule has 2 aromatic carbocycles. The summed E-state index contributed by atoms with van der Waals surface area (Å²) in [6, 6.07) is 11.3. The van der Waals surface area contributed by atoms with Gasteiger partial charge in [-0.3, -0.25) is 0 Å². The summed E-state index contributed by atoms with van der Waals surface area (Å²) in [5, 5.41) is 9.11. The van der Waals surface area contributed by atoms with E-state index >= 15 is 0 Å². The molecule has 0 fully saturated rings. The first-order valence-electron chi connectivity index (χ1n) is 5.98. The predicted molar refractivity (Wildman–Crippen MR) is 83.3 cm³/mol. The zero-order valence-corrected chi connectivity index (χ0v) is 14.0. The van der Waals surface area contributed by atoms with Crippen LogP contribution in [0.1, 0.15) is 20.4 Å². The van der Waals surface area contributed by atoms with Crippen LogP contribution in [0, 0.1) is 11.3 Å². The second-order valence-corrected chi connectivity index (χ2v) is 7.35. The lowest BCUT2D eigenvalue weighted by atomic mass is 10.1. The number of hydrogen-bond donors (Lipinski definition) is 0. The molecule has 2 nitrogen and oxygen atoms in total. The van der Waals surface area contributed by atoms with Crippen LogP contribution in [0.2, 0.25) is 0 Å². The van der Waals surface area contributed by atoms with Gasteiger partial charge in [0.25, 0.3) is 0 Å². The molecular weight excluding hydrogens is 427 g/mol. The Morgan fingerprint density at radius 2 is 1.73 bits per heavy atom. The average Bonchev–Trinajstić information content (AvgIpc) is 2.46. The Bertz CT molecular complexity index is 723. The quantitative estimate of drug-likeness (QED) is 0.542. The first kappa shape index (κ1) is 16.8. The molecule has 0 radical (unpaired) electrons. The fourth-order valence-electron chi connectivity index (χ4n) is 1.76. The number of halogens is 5. The minimum Gasteiger partial charge on any atom is -0.457 e. The van der Waals surface area contributed by atoms with Gasteiger partial charge in [0, 0.05) is 0 Å². The molecule has 0 saturated heterocycles. The van der Waals surface area contributed by atoms with E-state index in [1.807, 2.05) is 6.07 Å². The van der Waals surface area contributed by atoms with Crippen molar-refractivity contribution in [2.24, 2.45) is 0 Å². The summed E-state index contributed by atoms with van der Waals surface area (Å²) in [4.78, 5) is 0. The van der Waals surface area contributed by atoms with Crippen molar-refractivity contribution in [3.05, 3.63) is 59.2 Å². The molecule has 0 spiro atoms. The van der Waals surface area contributed by atoms with Crippen molar-refractivity contribution >= 4 is 31.9 Å². The zero-order valence-electron chi connectivity index (χ0n) is 10.9. The van der Waals surface area contributed by atoms with E-state index < -0.39 is 11.7 Å². The minimum absolute atomic E-state index is 0.0562. The van der Waals surface area contributed by atoms with E-state index in [9.17, 15) is 13.2 Å². The van der Waals surface area contributed by atoms with Crippen LogP contribution >= 0.6 is 31.9 Å². The standard InChI is InChI=1S/C15H8Br2F3NO/c16-14(17)13-5-4-12(6-9(13)8-21)22-11-3-1-2-10(7-11)15(18,19)20/h1-7,14H. The molecule has 0 aliphatic heterocycles. The SMILES string of the molecule is N#Cc1cc(Oc2cccc(C(F)(F)F)c2)ccc1C(Br)Br. The number of benzene rings is 2. The largest absolute Gasteiger partial charge is 0.457 e. The summed E-state index contributed by atoms with van der Waals surface area (Å²) >= 11 is 6.59. The zero-order chi connectivity index (χ0) is 16.3. The number of ether oxygens (including phenoxy) is 1. The molecule has 7 heteroatoms. The molecule has 0 amide bonds. The molecule has 0 aromatic heterocycles. The highest BCUT2D eigenvalue weighted by molar-refractivity contribution is 9.24.